The maximum absolute atomic E-state index is 13.2. The molecule has 0 radical (unpaired) electrons. The number of carbonyl (C=O) groups excluding carboxylic acids is 1. The zero-order valence-corrected chi connectivity index (χ0v) is 16.1. The third-order valence-corrected chi connectivity index (χ3v) is 5.13. The number of benzene rings is 1. The zero-order valence-electron chi connectivity index (χ0n) is 16.1. The summed E-state index contributed by atoms with van der Waals surface area (Å²) in [5.74, 6) is -0.278. The summed E-state index contributed by atoms with van der Waals surface area (Å²) in [6.07, 6.45) is 3.88. The summed E-state index contributed by atoms with van der Waals surface area (Å²) < 4.78 is 18.5. The number of carbonyl (C=O) groups is 1. The van der Waals surface area contributed by atoms with Crippen LogP contribution >= 0.6 is 0 Å². The van der Waals surface area contributed by atoms with Crippen LogP contribution in [0.15, 0.2) is 59.3 Å². The Morgan fingerprint density at radius 3 is 3.00 bits per heavy atom. The summed E-state index contributed by atoms with van der Waals surface area (Å²) in [7, 11) is 0. The summed E-state index contributed by atoms with van der Waals surface area (Å²) in [6, 6.07) is 13.8. The smallest absolute Gasteiger partial charge is 0.290 e. The van der Waals surface area contributed by atoms with Crippen molar-refractivity contribution in [3.8, 4) is 0 Å². The number of nitrogens with one attached hydrogen (secondary N) is 1. The first-order valence-electron chi connectivity index (χ1n) is 9.79. The molecule has 2 aromatic heterocycles. The first-order valence-corrected chi connectivity index (χ1v) is 9.79. The highest BCUT2D eigenvalue weighted by atomic mass is 19.1. The van der Waals surface area contributed by atoms with Gasteiger partial charge < -0.3 is 9.84 Å². The average Bonchev–Trinajstić information content (AvgIpc) is 3.24. The molecule has 150 valence electrons. The molecular formula is C22H23FN4O2. The fraction of sp³-hybridized carbons (Fsp3) is 0.318. The molecule has 0 spiro atoms. The SMILES string of the molecule is O=C(NCc1cccc(F)c1)c1cc([C@H]2CCCN(Cc3ccccn3)C2)no1. The van der Waals surface area contributed by atoms with Crippen LogP contribution in [0.2, 0.25) is 0 Å². The van der Waals surface area contributed by atoms with Crippen molar-refractivity contribution in [2.75, 3.05) is 13.1 Å². The van der Waals surface area contributed by atoms with Crippen LogP contribution in [-0.2, 0) is 13.1 Å². The average molecular weight is 394 g/mol. The van der Waals surface area contributed by atoms with E-state index in [0.29, 0.717) is 5.56 Å². The predicted octanol–water partition coefficient (Wildman–Crippen LogP) is 3.52. The quantitative estimate of drug-likeness (QED) is 0.693. The number of aromatic nitrogens is 2. The molecule has 1 aliphatic heterocycles. The number of likely N-dealkylation sites (tertiary alicyclic amines) is 1. The molecule has 1 atom stereocenters. The van der Waals surface area contributed by atoms with Crippen LogP contribution < -0.4 is 5.32 Å². The van der Waals surface area contributed by atoms with Crippen LogP contribution in [0.1, 0.15) is 46.3 Å². The maximum atomic E-state index is 13.2. The molecule has 0 saturated carbocycles. The standard InChI is InChI=1S/C22H23FN4O2/c23-18-7-3-5-16(11-18)13-25-22(28)21-12-20(26-29-21)17-6-4-10-27(14-17)15-19-8-1-2-9-24-19/h1-3,5,7-9,11-12,17H,4,6,10,13-15H2,(H,25,28)/t17-/m0/s1. The number of hydrogen-bond donors (Lipinski definition) is 1. The van der Waals surface area contributed by atoms with Gasteiger partial charge in [-0.1, -0.05) is 23.4 Å². The largest absolute Gasteiger partial charge is 0.351 e. The summed E-state index contributed by atoms with van der Waals surface area (Å²) in [5.41, 5.74) is 2.54. The summed E-state index contributed by atoms with van der Waals surface area (Å²) in [4.78, 5) is 19.1. The van der Waals surface area contributed by atoms with Crippen molar-refractivity contribution in [3.05, 3.63) is 83.3 Å². The third-order valence-electron chi connectivity index (χ3n) is 5.13. The summed E-state index contributed by atoms with van der Waals surface area (Å²) in [5, 5.41) is 6.88. The van der Waals surface area contributed by atoms with E-state index in [-0.39, 0.29) is 29.9 Å². The third kappa shape index (κ3) is 5.06. The molecule has 29 heavy (non-hydrogen) atoms. The fourth-order valence-electron chi connectivity index (χ4n) is 3.67. The Labute approximate surface area is 168 Å². The van der Waals surface area contributed by atoms with Crippen molar-refractivity contribution >= 4 is 5.91 Å². The van der Waals surface area contributed by atoms with Crippen LogP contribution in [0.5, 0.6) is 0 Å². The molecule has 6 nitrogen and oxygen atoms in total. The highest BCUT2D eigenvalue weighted by Gasteiger charge is 2.25. The normalized spacial score (nSPS) is 17.2. The van der Waals surface area contributed by atoms with Crippen LogP contribution in [0.3, 0.4) is 0 Å². The number of rotatable bonds is 6. The molecule has 0 unspecified atom stereocenters. The lowest BCUT2D eigenvalue weighted by Gasteiger charge is -2.31. The maximum Gasteiger partial charge on any atom is 0.290 e. The van der Waals surface area contributed by atoms with Crippen LogP contribution in [0, 0.1) is 5.82 Å². The van der Waals surface area contributed by atoms with Gasteiger partial charge in [-0.25, -0.2) is 4.39 Å². The highest BCUT2D eigenvalue weighted by molar-refractivity contribution is 5.91. The van der Waals surface area contributed by atoms with Gasteiger partial charge in [0.15, 0.2) is 0 Å². The lowest BCUT2D eigenvalue weighted by Crippen LogP contribution is -2.34. The second kappa shape index (κ2) is 8.96. The number of amides is 1. The van der Waals surface area contributed by atoms with Crippen molar-refractivity contribution in [1.29, 1.82) is 0 Å². The monoisotopic (exact) mass is 394 g/mol. The number of hydrogen-bond acceptors (Lipinski definition) is 5. The van der Waals surface area contributed by atoms with Crippen LogP contribution in [0.25, 0.3) is 0 Å². The van der Waals surface area contributed by atoms with Crippen molar-refractivity contribution in [2.24, 2.45) is 0 Å². The van der Waals surface area contributed by atoms with E-state index in [1.165, 1.54) is 12.1 Å². The van der Waals surface area contributed by atoms with Crippen molar-refractivity contribution in [3.63, 3.8) is 0 Å². The Morgan fingerprint density at radius 2 is 2.17 bits per heavy atom. The number of halogens is 1. The summed E-state index contributed by atoms with van der Waals surface area (Å²) in [6.45, 7) is 2.91. The van der Waals surface area contributed by atoms with Crippen LogP contribution in [0.4, 0.5) is 4.39 Å². The molecule has 4 rings (SSSR count). The van der Waals surface area contributed by atoms with Gasteiger partial charge in [0.25, 0.3) is 5.91 Å². The molecule has 1 N–H and O–H groups in total. The molecule has 1 aromatic carbocycles. The Kier molecular flexibility index (Phi) is 5.95. The van der Waals surface area contributed by atoms with E-state index < -0.39 is 0 Å². The van der Waals surface area contributed by atoms with Gasteiger partial charge in [-0.2, -0.15) is 0 Å². The Hall–Kier alpha value is -3.06. The van der Waals surface area contributed by atoms with E-state index >= 15 is 0 Å². The number of piperidine rings is 1. The molecule has 3 aromatic rings. The summed E-state index contributed by atoms with van der Waals surface area (Å²) >= 11 is 0. The molecule has 1 aliphatic rings. The molecule has 1 amide bonds. The Morgan fingerprint density at radius 1 is 1.24 bits per heavy atom. The van der Waals surface area contributed by atoms with Gasteiger partial charge in [0, 0.05) is 37.8 Å². The minimum absolute atomic E-state index is 0.179. The van der Waals surface area contributed by atoms with E-state index in [4.69, 9.17) is 4.52 Å². The zero-order chi connectivity index (χ0) is 20.1. The molecule has 1 saturated heterocycles. The minimum atomic E-state index is -0.353. The van der Waals surface area contributed by atoms with Gasteiger partial charge in [0.2, 0.25) is 5.76 Å². The van der Waals surface area contributed by atoms with Gasteiger partial charge in [-0.05, 0) is 49.2 Å². The van der Waals surface area contributed by atoms with Gasteiger partial charge in [0.1, 0.15) is 5.82 Å². The van der Waals surface area contributed by atoms with E-state index in [2.05, 4.69) is 20.4 Å². The predicted molar refractivity (Wildman–Crippen MR) is 106 cm³/mol. The first-order chi connectivity index (χ1) is 14.2. The lowest BCUT2D eigenvalue weighted by molar-refractivity contribution is 0.0913. The van der Waals surface area contributed by atoms with Gasteiger partial charge in [-0.3, -0.25) is 14.7 Å². The van der Waals surface area contributed by atoms with E-state index in [9.17, 15) is 9.18 Å². The topological polar surface area (TPSA) is 71.3 Å². The molecule has 7 heteroatoms. The Balaban J connectivity index is 1.34. The fourth-order valence-corrected chi connectivity index (χ4v) is 3.67. The van der Waals surface area contributed by atoms with Crippen molar-refractivity contribution in [1.82, 2.24) is 20.4 Å². The van der Waals surface area contributed by atoms with E-state index in [0.717, 1.165) is 43.9 Å². The lowest BCUT2D eigenvalue weighted by atomic mass is 9.94. The second-order valence-corrected chi connectivity index (χ2v) is 7.32. The van der Waals surface area contributed by atoms with E-state index in [1.807, 2.05) is 24.4 Å². The van der Waals surface area contributed by atoms with Gasteiger partial charge in [-0.15, -0.1) is 0 Å². The second-order valence-electron chi connectivity index (χ2n) is 7.32. The van der Waals surface area contributed by atoms with Gasteiger partial charge >= 0.3 is 0 Å². The van der Waals surface area contributed by atoms with Crippen LogP contribution in [-0.4, -0.2) is 34.0 Å². The Bertz CT molecular complexity index is 960. The highest BCUT2D eigenvalue weighted by Crippen LogP contribution is 2.27. The minimum Gasteiger partial charge on any atom is -0.351 e. The number of pyridine rings is 1. The van der Waals surface area contributed by atoms with E-state index in [1.54, 1.807) is 18.2 Å². The molecule has 1 fully saturated rings. The van der Waals surface area contributed by atoms with Crippen molar-refractivity contribution in [2.45, 2.75) is 31.8 Å². The van der Waals surface area contributed by atoms with Crippen molar-refractivity contribution < 1.29 is 13.7 Å². The first kappa shape index (κ1) is 19.3. The molecule has 3 heterocycles. The molecular weight excluding hydrogens is 371 g/mol. The molecule has 0 aliphatic carbocycles. The van der Waals surface area contributed by atoms with Gasteiger partial charge in [0.05, 0.1) is 11.4 Å². The number of nitrogens with zero attached hydrogens (tertiary/aromatic N) is 3. The molecule has 0 bridgehead atoms.